The summed E-state index contributed by atoms with van der Waals surface area (Å²) < 4.78 is 27.0. The van der Waals surface area contributed by atoms with Crippen molar-refractivity contribution < 1.29 is 8.42 Å². The fourth-order valence-electron chi connectivity index (χ4n) is 2.83. The second kappa shape index (κ2) is 6.75. The highest BCUT2D eigenvalue weighted by Gasteiger charge is 2.28. The van der Waals surface area contributed by atoms with Gasteiger partial charge in [-0.25, -0.2) is 13.4 Å². The summed E-state index contributed by atoms with van der Waals surface area (Å²) in [5, 5.41) is 2.89. The van der Waals surface area contributed by atoms with E-state index in [0.717, 1.165) is 19.3 Å². The van der Waals surface area contributed by atoms with E-state index in [1.54, 1.807) is 23.5 Å². The molecule has 1 atom stereocenters. The van der Waals surface area contributed by atoms with E-state index < -0.39 is 10.0 Å². The molecule has 118 valence electrons. The van der Waals surface area contributed by atoms with E-state index in [1.807, 2.05) is 0 Å². The number of aromatic nitrogens is 1. The first kappa shape index (κ1) is 16.2. The van der Waals surface area contributed by atoms with Gasteiger partial charge in [-0.05, 0) is 43.2 Å². The van der Waals surface area contributed by atoms with Crippen LogP contribution in [0.5, 0.6) is 0 Å². The molecule has 2 rings (SSSR count). The molecule has 1 unspecified atom stereocenters. The van der Waals surface area contributed by atoms with E-state index in [0.29, 0.717) is 30.7 Å². The zero-order valence-electron chi connectivity index (χ0n) is 13.0. The number of rotatable bonds is 4. The van der Waals surface area contributed by atoms with Crippen LogP contribution >= 0.6 is 0 Å². The lowest BCUT2D eigenvalue weighted by molar-refractivity contribution is 0.340. The van der Waals surface area contributed by atoms with Crippen molar-refractivity contribution in [2.24, 2.45) is 11.8 Å². The van der Waals surface area contributed by atoms with E-state index in [-0.39, 0.29) is 4.90 Å². The number of nitrogens with one attached hydrogen (secondary N) is 1. The largest absolute Gasteiger partial charge is 0.373 e. The molecular formula is C15H25N3O2S. The predicted molar refractivity (Wildman–Crippen MR) is 84.7 cm³/mol. The maximum absolute atomic E-state index is 12.7. The molecule has 2 heterocycles. The lowest BCUT2D eigenvalue weighted by Crippen LogP contribution is -2.32. The van der Waals surface area contributed by atoms with Gasteiger partial charge in [-0.1, -0.05) is 13.8 Å². The lowest BCUT2D eigenvalue weighted by atomic mass is 9.89. The number of nitrogens with zero attached hydrogens (tertiary/aromatic N) is 2. The minimum Gasteiger partial charge on any atom is -0.373 e. The molecule has 1 aromatic rings. The molecule has 0 aromatic carbocycles. The maximum Gasteiger partial charge on any atom is 0.244 e. The third kappa shape index (κ3) is 3.74. The predicted octanol–water partition coefficient (Wildman–Crippen LogP) is 2.57. The molecule has 0 spiro atoms. The number of pyridine rings is 1. The van der Waals surface area contributed by atoms with Crippen molar-refractivity contribution in [1.29, 1.82) is 0 Å². The molecule has 0 saturated carbocycles. The Morgan fingerprint density at radius 3 is 2.62 bits per heavy atom. The van der Waals surface area contributed by atoms with Gasteiger partial charge in [-0.15, -0.1) is 0 Å². The Bertz CT molecular complexity index is 555. The van der Waals surface area contributed by atoms with E-state index in [4.69, 9.17) is 0 Å². The Morgan fingerprint density at radius 2 is 2.05 bits per heavy atom. The van der Waals surface area contributed by atoms with E-state index in [1.165, 1.54) is 6.20 Å². The van der Waals surface area contributed by atoms with E-state index in [9.17, 15) is 8.42 Å². The molecule has 6 heteroatoms. The van der Waals surface area contributed by atoms with E-state index >= 15 is 0 Å². The molecule has 1 fully saturated rings. The van der Waals surface area contributed by atoms with Crippen LogP contribution in [0.15, 0.2) is 23.2 Å². The molecule has 21 heavy (non-hydrogen) atoms. The molecule has 0 radical (unpaired) electrons. The van der Waals surface area contributed by atoms with Crippen molar-refractivity contribution >= 4 is 15.8 Å². The van der Waals surface area contributed by atoms with Gasteiger partial charge in [0, 0.05) is 26.3 Å². The molecule has 1 saturated heterocycles. The average molecular weight is 311 g/mol. The molecular weight excluding hydrogens is 286 g/mol. The highest BCUT2D eigenvalue weighted by Crippen LogP contribution is 2.27. The van der Waals surface area contributed by atoms with Crippen LogP contribution < -0.4 is 5.32 Å². The normalized spacial score (nSPS) is 21.2. The Balaban J connectivity index is 2.15. The Morgan fingerprint density at radius 1 is 1.29 bits per heavy atom. The molecule has 1 aliphatic rings. The van der Waals surface area contributed by atoms with Crippen molar-refractivity contribution in [3.05, 3.63) is 18.3 Å². The van der Waals surface area contributed by atoms with Gasteiger partial charge in [-0.2, -0.15) is 4.31 Å². The Hall–Kier alpha value is -1.14. The van der Waals surface area contributed by atoms with Gasteiger partial charge in [-0.3, -0.25) is 0 Å². The smallest absolute Gasteiger partial charge is 0.244 e. The Kier molecular flexibility index (Phi) is 5.22. The zero-order chi connectivity index (χ0) is 15.5. The van der Waals surface area contributed by atoms with Crippen molar-refractivity contribution in [3.63, 3.8) is 0 Å². The second-order valence-electron chi connectivity index (χ2n) is 5.97. The molecule has 1 aliphatic heterocycles. The van der Waals surface area contributed by atoms with Gasteiger partial charge in [0.05, 0.1) is 0 Å². The minimum atomic E-state index is -3.42. The maximum atomic E-state index is 12.7. The van der Waals surface area contributed by atoms with Crippen molar-refractivity contribution in [2.75, 3.05) is 25.5 Å². The summed E-state index contributed by atoms with van der Waals surface area (Å²) in [6.45, 7) is 5.66. The summed E-state index contributed by atoms with van der Waals surface area (Å²) in [6, 6.07) is 3.32. The Labute approximate surface area is 127 Å². The van der Waals surface area contributed by atoms with Crippen LogP contribution in [0.4, 0.5) is 5.82 Å². The SMILES string of the molecule is CNc1ccc(S(=O)(=O)N2CCCC(C(C)C)CC2)cn1. The first-order valence-corrected chi connectivity index (χ1v) is 9.03. The van der Waals surface area contributed by atoms with Gasteiger partial charge in [0.15, 0.2) is 0 Å². The van der Waals surface area contributed by atoms with Crippen LogP contribution in [-0.4, -0.2) is 37.8 Å². The average Bonchev–Trinajstić information content (AvgIpc) is 2.73. The van der Waals surface area contributed by atoms with Gasteiger partial charge >= 0.3 is 0 Å². The highest BCUT2D eigenvalue weighted by molar-refractivity contribution is 7.89. The van der Waals surface area contributed by atoms with Crippen molar-refractivity contribution in [2.45, 2.75) is 38.0 Å². The number of hydrogen-bond acceptors (Lipinski definition) is 4. The number of anilines is 1. The molecule has 0 bridgehead atoms. The molecule has 1 aromatic heterocycles. The summed E-state index contributed by atoms with van der Waals surface area (Å²) in [6.07, 6.45) is 4.43. The van der Waals surface area contributed by atoms with Crippen molar-refractivity contribution in [1.82, 2.24) is 9.29 Å². The van der Waals surface area contributed by atoms with Crippen LogP contribution in [0.25, 0.3) is 0 Å². The first-order valence-electron chi connectivity index (χ1n) is 7.59. The van der Waals surface area contributed by atoms with Crippen molar-refractivity contribution in [3.8, 4) is 0 Å². The third-order valence-corrected chi connectivity index (χ3v) is 6.19. The van der Waals surface area contributed by atoms with Crippen LogP contribution in [0, 0.1) is 11.8 Å². The highest BCUT2D eigenvalue weighted by atomic mass is 32.2. The summed E-state index contributed by atoms with van der Waals surface area (Å²) in [7, 11) is -1.66. The fourth-order valence-corrected chi connectivity index (χ4v) is 4.27. The first-order chi connectivity index (χ1) is 9.95. The minimum absolute atomic E-state index is 0.282. The number of hydrogen-bond donors (Lipinski definition) is 1. The van der Waals surface area contributed by atoms with Crippen LogP contribution in [-0.2, 0) is 10.0 Å². The lowest BCUT2D eigenvalue weighted by Gasteiger charge is -2.21. The molecule has 0 amide bonds. The summed E-state index contributed by atoms with van der Waals surface area (Å²) in [5.74, 6) is 1.91. The van der Waals surface area contributed by atoms with Gasteiger partial charge in [0.25, 0.3) is 0 Å². The van der Waals surface area contributed by atoms with Gasteiger partial charge in [0.1, 0.15) is 10.7 Å². The molecule has 0 aliphatic carbocycles. The second-order valence-corrected chi connectivity index (χ2v) is 7.91. The quantitative estimate of drug-likeness (QED) is 0.928. The standard InChI is InChI=1S/C15H25N3O2S/c1-12(2)13-5-4-9-18(10-8-13)21(19,20)14-6-7-15(16-3)17-11-14/h6-7,11-13H,4-5,8-10H2,1-3H3,(H,16,17). The van der Waals surface area contributed by atoms with E-state index in [2.05, 4.69) is 24.1 Å². The van der Waals surface area contributed by atoms with Crippen LogP contribution in [0.2, 0.25) is 0 Å². The monoisotopic (exact) mass is 311 g/mol. The molecule has 1 N–H and O–H groups in total. The fraction of sp³-hybridized carbons (Fsp3) is 0.667. The zero-order valence-corrected chi connectivity index (χ0v) is 13.9. The topological polar surface area (TPSA) is 62.3 Å². The summed E-state index contributed by atoms with van der Waals surface area (Å²) >= 11 is 0. The summed E-state index contributed by atoms with van der Waals surface area (Å²) in [5.41, 5.74) is 0. The summed E-state index contributed by atoms with van der Waals surface area (Å²) in [4.78, 5) is 4.39. The number of sulfonamides is 1. The van der Waals surface area contributed by atoms with Gasteiger partial charge in [0.2, 0.25) is 10.0 Å². The van der Waals surface area contributed by atoms with Crippen LogP contribution in [0.3, 0.4) is 0 Å². The van der Waals surface area contributed by atoms with Gasteiger partial charge < -0.3 is 5.32 Å². The van der Waals surface area contributed by atoms with Crippen LogP contribution in [0.1, 0.15) is 33.1 Å². The molecule has 5 nitrogen and oxygen atoms in total. The third-order valence-electron chi connectivity index (χ3n) is 4.30.